The predicted molar refractivity (Wildman–Crippen MR) is 68.4 cm³/mol. The monoisotopic (exact) mass is 218 g/mol. The van der Waals surface area contributed by atoms with Crippen molar-refractivity contribution in [1.29, 1.82) is 0 Å². The Kier molecular flexibility index (Phi) is 2.30. The van der Waals surface area contributed by atoms with Gasteiger partial charge in [-0.25, -0.2) is 4.99 Å². The molecular formula is C12H18N4. The first-order valence-corrected chi connectivity index (χ1v) is 5.46. The Balaban J connectivity index is 2.56. The number of fused-ring (bicyclic) bond motifs is 1. The second-order valence-electron chi connectivity index (χ2n) is 4.69. The molecule has 1 unspecified atom stereocenters. The number of anilines is 2. The van der Waals surface area contributed by atoms with Gasteiger partial charge in [0.1, 0.15) is 11.5 Å². The highest BCUT2D eigenvalue weighted by molar-refractivity contribution is 6.06. The molecule has 1 aromatic carbocycles. The zero-order chi connectivity index (χ0) is 11.9. The third-order valence-corrected chi connectivity index (χ3v) is 3.23. The van der Waals surface area contributed by atoms with E-state index in [4.69, 9.17) is 11.5 Å². The molecule has 4 nitrogen and oxygen atoms in total. The van der Waals surface area contributed by atoms with E-state index in [0.29, 0.717) is 17.4 Å². The quantitative estimate of drug-likeness (QED) is 0.629. The lowest BCUT2D eigenvalue weighted by Crippen LogP contribution is -2.44. The van der Waals surface area contributed by atoms with Crippen molar-refractivity contribution in [3.8, 4) is 0 Å². The van der Waals surface area contributed by atoms with Crippen LogP contribution in [-0.2, 0) is 0 Å². The number of nitrogens with zero attached hydrogens (tertiary/aromatic N) is 1. The third kappa shape index (κ3) is 1.50. The summed E-state index contributed by atoms with van der Waals surface area (Å²) in [5.41, 5.74) is 14.0. The van der Waals surface area contributed by atoms with Gasteiger partial charge < -0.3 is 16.8 Å². The van der Waals surface area contributed by atoms with E-state index in [2.05, 4.69) is 24.2 Å². The molecule has 4 heteroatoms. The molecule has 0 radical (unpaired) electrons. The Hall–Kier alpha value is -1.71. The number of amidine groups is 1. The van der Waals surface area contributed by atoms with E-state index >= 15 is 0 Å². The van der Waals surface area contributed by atoms with Crippen molar-refractivity contribution in [1.82, 2.24) is 0 Å². The summed E-state index contributed by atoms with van der Waals surface area (Å²) in [5, 5.41) is 3.38. The SMILES string of the molecule is CC(C)C1(C)N=C(N)c2cccc(N)c2N1. The molecule has 0 bridgehead atoms. The minimum Gasteiger partial charge on any atom is -0.397 e. The summed E-state index contributed by atoms with van der Waals surface area (Å²) in [6.45, 7) is 6.24. The fourth-order valence-corrected chi connectivity index (χ4v) is 1.79. The van der Waals surface area contributed by atoms with Gasteiger partial charge in [-0.15, -0.1) is 0 Å². The van der Waals surface area contributed by atoms with Crippen molar-refractivity contribution in [3.05, 3.63) is 23.8 Å². The molecule has 1 heterocycles. The molecule has 0 spiro atoms. The highest BCUT2D eigenvalue weighted by Crippen LogP contribution is 2.34. The number of nitrogens with one attached hydrogen (secondary N) is 1. The minimum absolute atomic E-state index is 0.332. The summed E-state index contributed by atoms with van der Waals surface area (Å²) < 4.78 is 0. The molecule has 1 aliphatic heterocycles. The maximum Gasteiger partial charge on any atom is 0.131 e. The van der Waals surface area contributed by atoms with E-state index in [9.17, 15) is 0 Å². The molecule has 0 saturated carbocycles. The molecule has 1 aliphatic rings. The Morgan fingerprint density at radius 3 is 2.62 bits per heavy atom. The van der Waals surface area contributed by atoms with Gasteiger partial charge >= 0.3 is 0 Å². The highest BCUT2D eigenvalue weighted by Gasteiger charge is 2.33. The van der Waals surface area contributed by atoms with Gasteiger partial charge in [-0.2, -0.15) is 0 Å². The molecule has 16 heavy (non-hydrogen) atoms. The lowest BCUT2D eigenvalue weighted by molar-refractivity contribution is 0.387. The van der Waals surface area contributed by atoms with E-state index in [1.165, 1.54) is 0 Å². The van der Waals surface area contributed by atoms with Crippen LogP contribution in [0.25, 0.3) is 0 Å². The van der Waals surface area contributed by atoms with Gasteiger partial charge in [-0.1, -0.05) is 19.9 Å². The number of hydrogen-bond donors (Lipinski definition) is 3. The number of rotatable bonds is 1. The first-order valence-electron chi connectivity index (χ1n) is 5.46. The van der Waals surface area contributed by atoms with Crippen molar-refractivity contribution in [2.45, 2.75) is 26.4 Å². The summed E-state index contributed by atoms with van der Waals surface area (Å²) in [7, 11) is 0. The van der Waals surface area contributed by atoms with Crippen LogP contribution in [0.3, 0.4) is 0 Å². The lowest BCUT2D eigenvalue weighted by atomic mass is 9.94. The van der Waals surface area contributed by atoms with Crippen LogP contribution in [0.5, 0.6) is 0 Å². The summed E-state index contributed by atoms with van der Waals surface area (Å²) in [6, 6.07) is 5.68. The van der Waals surface area contributed by atoms with Gasteiger partial charge in [-0.3, -0.25) is 0 Å². The lowest BCUT2D eigenvalue weighted by Gasteiger charge is -2.37. The molecule has 0 aliphatic carbocycles. The number of para-hydroxylation sites is 1. The molecule has 1 aromatic rings. The largest absolute Gasteiger partial charge is 0.397 e. The fraction of sp³-hybridized carbons (Fsp3) is 0.417. The molecule has 0 aromatic heterocycles. The number of benzene rings is 1. The van der Waals surface area contributed by atoms with Crippen LogP contribution in [0.4, 0.5) is 11.4 Å². The van der Waals surface area contributed by atoms with Crippen LogP contribution in [0.2, 0.25) is 0 Å². The predicted octanol–water partition coefficient (Wildman–Crippen LogP) is 1.77. The Morgan fingerprint density at radius 2 is 2.00 bits per heavy atom. The highest BCUT2D eigenvalue weighted by atomic mass is 15.2. The third-order valence-electron chi connectivity index (χ3n) is 3.23. The van der Waals surface area contributed by atoms with Crippen molar-refractivity contribution in [3.63, 3.8) is 0 Å². The van der Waals surface area contributed by atoms with Crippen molar-refractivity contribution in [2.75, 3.05) is 11.1 Å². The zero-order valence-electron chi connectivity index (χ0n) is 9.91. The van der Waals surface area contributed by atoms with Gasteiger partial charge in [0.05, 0.1) is 11.4 Å². The second-order valence-corrected chi connectivity index (χ2v) is 4.69. The first-order chi connectivity index (χ1) is 7.44. The number of nitrogens with two attached hydrogens (primary N) is 2. The van der Waals surface area contributed by atoms with Gasteiger partial charge in [0.15, 0.2) is 0 Å². The number of aliphatic imine (C=N–C) groups is 1. The summed E-state index contributed by atoms with van der Waals surface area (Å²) in [4.78, 5) is 4.52. The van der Waals surface area contributed by atoms with E-state index in [0.717, 1.165) is 11.3 Å². The molecule has 0 saturated heterocycles. The van der Waals surface area contributed by atoms with Crippen molar-refractivity contribution < 1.29 is 0 Å². The minimum atomic E-state index is -0.382. The molecular weight excluding hydrogens is 200 g/mol. The molecule has 86 valence electrons. The van der Waals surface area contributed by atoms with Crippen LogP contribution < -0.4 is 16.8 Å². The second kappa shape index (κ2) is 3.40. The van der Waals surface area contributed by atoms with Crippen LogP contribution in [-0.4, -0.2) is 11.5 Å². The Bertz CT molecular complexity index is 450. The first kappa shape index (κ1) is 10.8. The average Bonchev–Trinajstić information content (AvgIpc) is 2.19. The topological polar surface area (TPSA) is 76.4 Å². The van der Waals surface area contributed by atoms with Gasteiger partial charge in [0, 0.05) is 5.56 Å². The molecule has 5 N–H and O–H groups in total. The average molecular weight is 218 g/mol. The van der Waals surface area contributed by atoms with E-state index < -0.39 is 0 Å². The zero-order valence-corrected chi connectivity index (χ0v) is 9.91. The standard InChI is InChI=1S/C12H18N4/c1-7(2)12(3)15-10-8(11(14)16-12)5-4-6-9(10)13/h4-7,15H,13H2,1-3H3,(H2,14,16). The van der Waals surface area contributed by atoms with E-state index in [-0.39, 0.29) is 5.66 Å². The van der Waals surface area contributed by atoms with Crippen LogP contribution in [0.15, 0.2) is 23.2 Å². The maximum absolute atomic E-state index is 5.98. The van der Waals surface area contributed by atoms with Gasteiger partial charge in [0.2, 0.25) is 0 Å². The van der Waals surface area contributed by atoms with E-state index in [1.807, 2.05) is 25.1 Å². The fourth-order valence-electron chi connectivity index (χ4n) is 1.79. The van der Waals surface area contributed by atoms with E-state index in [1.54, 1.807) is 0 Å². The number of hydrogen-bond acceptors (Lipinski definition) is 4. The summed E-state index contributed by atoms with van der Waals surface area (Å²) in [6.07, 6.45) is 0. The molecule has 1 atom stereocenters. The summed E-state index contributed by atoms with van der Waals surface area (Å²) in [5.74, 6) is 0.885. The normalized spacial score (nSPS) is 23.6. The van der Waals surface area contributed by atoms with Crippen LogP contribution in [0.1, 0.15) is 26.3 Å². The maximum atomic E-state index is 5.98. The molecule has 2 rings (SSSR count). The Labute approximate surface area is 95.7 Å². The smallest absolute Gasteiger partial charge is 0.131 e. The molecule has 0 fully saturated rings. The van der Waals surface area contributed by atoms with Gasteiger partial charge in [-0.05, 0) is 25.0 Å². The molecule has 0 amide bonds. The van der Waals surface area contributed by atoms with Crippen molar-refractivity contribution >= 4 is 17.2 Å². The number of nitrogen functional groups attached to an aromatic ring is 1. The Morgan fingerprint density at radius 1 is 1.31 bits per heavy atom. The van der Waals surface area contributed by atoms with Crippen LogP contribution in [0, 0.1) is 5.92 Å². The van der Waals surface area contributed by atoms with Crippen LogP contribution >= 0.6 is 0 Å². The summed E-state index contributed by atoms with van der Waals surface area (Å²) >= 11 is 0. The van der Waals surface area contributed by atoms with Crippen molar-refractivity contribution in [2.24, 2.45) is 16.6 Å². The van der Waals surface area contributed by atoms with Gasteiger partial charge in [0.25, 0.3) is 0 Å².